The van der Waals surface area contributed by atoms with Gasteiger partial charge in [0.05, 0.1) is 17.6 Å². The van der Waals surface area contributed by atoms with Crippen LogP contribution in [-0.2, 0) is 4.74 Å². The molecule has 0 aromatic rings. The van der Waals surface area contributed by atoms with Gasteiger partial charge < -0.3 is 4.74 Å². The molecule has 1 saturated heterocycles. The van der Waals surface area contributed by atoms with Gasteiger partial charge in [-0.15, -0.1) is 0 Å². The summed E-state index contributed by atoms with van der Waals surface area (Å²) in [5.41, 5.74) is -0.0422. The summed E-state index contributed by atoms with van der Waals surface area (Å²) >= 11 is 0. The number of rotatable bonds is 1. The summed E-state index contributed by atoms with van der Waals surface area (Å²) < 4.78 is 5.21. The zero-order valence-corrected chi connectivity index (χ0v) is 5.42. The Kier molecular flexibility index (Phi) is 0.758. The third kappa shape index (κ3) is 0.585. The third-order valence-electron chi connectivity index (χ3n) is 2.27. The largest absolute Gasteiger partial charge is 0.368 e. The number of hydrogen-bond donors (Lipinski definition) is 0. The van der Waals surface area contributed by atoms with Crippen LogP contribution < -0.4 is 0 Å². The molecule has 1 saturated carbocycles. The van der Waals surface area contributed by atoms with Gasteiger partial charge in [-0.2, -0.15) is 5.26 Å². The molecule has 0 spiro atoms. The maximum Gasteiger partial charge on any atom is 0.102 e. The molecule has 0 N–H and O–H groups in total. The Bertz CT molecular complexity index is 178. The van der Waals surface area contributed by atoms with E-state index in [-0.39, 0.29) is 11.5 Å². The molecular formula is C7H9NO. The van der Waals surface area contributed by atoms with E-state index in [2.05, 4.69) is 6.07 Å². The van der Waals surface area contributed by atoms with Crippen molar-refractivity contribution in [3.05, 3.63) is 0 Å². The van der Waals surface area contributed by atoms with Crippen molar-refractivity contribution < 1.29 is 4.74 Å². The molecule has 2 fully saturated rings. The number of nitriles is 1. The predicted octanol–water partition coefficient (Wildman–Crippen LogP) is 1.08. The Morgan fingerprint density at radius 3 is 2.33 bits per heavy atom. The molecule has 2 heteroatoms. The summed E-state index contributed by atoms with van der Waals surface area (Å²) in [5.74, 6) is 0. The highest BCUT2D eigenvalue weighted by Gasteiger charge is 2.60. The van der Waals surface area contributed by atoms with Crippen molar-refractivity contribution in [3.8, 4) is 6.07 Å². The Morgan fingerprint density at radius 2 is 2.22 bits per heavy atom. The maximum absolute atomic E-state index is 8.65. The van der Waals surface area contributed by atoms with Crippen LogP contribution in [0.1, 0.15) is 19.8 Å². The molecule has 2 rings (SSSR count). The highest BCUT2D eigenvalue weighted by Crippen LogP contribution is 2.55. The van der Waals surface area contributed by atoms with Gasteiger partial charge in [0.1, 0.15) is 6.10 Å². The van der Waals surface area contributed by atoms with E-state index in [1.807, 2.05) is 6.92 Å². The average molecular weight is 123 g/mol. The lowest BCUT2D eigenvalue weighted by Gasteiger charge is -1.94. The zero-order valence-electron chi connectivity index (χ0n) is 5.42. The first-order chi connectivity index (χ1) is 4.28. The Balaban J connectivity index is 2.08. The second-order valence-corrected chi connectivity index (χ2v) is 3.03. The van der Waals surface area contributed by atoms with E-state index in [0.717, 1.165) is 12.8 Å². The zero-order chi connectivity index (χ0) is 6.48. The maximum atomic E-state index is 8.65. The van der Waals surface area contributed by atoms with Crippen LogP contribution in [0.4, 0.5) is 0 Å². The van der Waals surface area contributed by atoms with Crippen molar-refractivity contribution in [2.75, 3.05) is 0 Å². The van der Waals surface area contributed by atoms with E-state index in [9.17, 15) is 0 Å². The number of epoxide rings is 1. The molecule has 2 atom stereocenters. The molecule has 0 amide bonds. The van der Waals surface area contributed by atoms with E-state index in [1.54, 1.807) is 0 Å². The molecule has 2 nitrogen and oxygen atoms in total. The van der Waals surface area contributed by atoms with Gasteiger partial charge in [-0.3, -0.25) is 0 Å². The van der Waals surface area contributed by atoms with Crippen molar-refractivity contribution in [1.82, 2.24) is 0 Å². The molecular weight excluding hydrogens is 114 g/mol. The van der Waals surface area contributed by atoms with Crippen LogP contribution in [0.15, 0.2) is 0 Å². The Labute approximate surface area is 54.4 Å². The summed E-state index contributed by atoms with van der Waals surface area (Å²) in [5, 5.41) is 8.65. The van der Waals surface area contributed by atoms with E-state index < -0.39 is 0 Å². The lowest BCUT2D eigenvalue weighted by molar-refractivity contribution is 0.338. The topological polar surface area (TPSA) is 36.3 Å². The van der Waals surface area contributed by atoms with Crippen molar-refractivity contribution >= 4 is 0 Å². The molecule has 48 valence electrons. The minimum Gasteiger partial charge on any atom is -0.368 e. The molecule has 0 radical (unpaired) electrons. The summed E-state index contributed by atoms with van der Waals surface area (Å²) in [6, 6.07) is 2.32. The average Bonchev–Trinajstić information content (AvgIpc) is 2.63. The molecule has 2 aliphatic rings. The molecule has 1 heterocycles. The molecule has 9 heavy (non-hydrogen) atoms. The summed E-state index contributed by atoms with van der Waals surface area (Å²) in [7, 11) is 0. The van der Waals surface area contributed by atoms with E-state index >= 15 is 0 Å². The lowest BCUT2D eigenvalue weighted by Crippen LogP contribution is -2.07. The van der Waals surface area contributed by atoms with Gasteiger partial charge in [-0.05, 0) is 19.8 Å². The summed E-state index contributed by atoms with van der Waals surface area (Å²) in [6.45, 7) is 2.03. The van der Waals surface area contributed by atoms with E-state index in [1.165, 1.54) is 0 Å². The minimum absolute atomic E-state index is 0.0422. The second kappa shape index (κ2) is 1.30. The van der Waals surface area contributed by atoms with Gasteiger partial charge in [-0.1, -0.05) is 0 Å². The normalized spacial score (nSPS) is 43.6. The Hall–Kier alpha value is -0.550. The van der Waals surface area contributed by atoms with Crippen LogP contribution in [0.5, 0.6) is 0 Å². The first kappa shape index (κ1) is 5.25. The van der Waals surface area contributed by atoms with Crippen molar-refractivity contribution in [1.29, 1.82) is 5.26 Å². The molecule has 0 aromatic heterocycles. The number of hydrogen-bond acceptors (Lipinski definition) is 2. The van der Waals surface area contributed by atoms with E-state index in [4.69, 9.17) is 10.00 Å². The monoisotopic (exact) mass is 123 g/mol. The molecule has 1 aliphatic heterocycles. The van der Waals surface area contributed by atoms with Crippen molar-refractivity contribution in [2.45, 2.75) is 32.0 Å². The van der Waals surface area contributed by atoms with Crippen LogP contribution in [-0.4, -0.2) is 12.2 Å². The minimum atomic E-state index is -0.0422. The fraction of sp³-hybridized carbons (Fsp3) is 0.857. The van der Waals surface area contributed by atoms with Crippen LogP contribution >= 0.6 is 0 Å². The highest BCUT2D eigenvalue weighted by atomic mass is 16.6. The molecule has 2 unspecified atom stereocenters. The SMILES string of the molecule is CC1OC1C1(C#N)CC1. The van der Waals surface area contributed by atoms with E-state index in [0.29, 0.717) is 6.10 Å². The molecule has 1 aliphatic carbocycles. The van der Waals surface area contributed by atoms with Gasteiger partial charge in [0, 0.05) is 0 Å². The van der Waals surface area contributed by atoms with Crippen LogP contribution in [0.3, 0.4) is 0 Å². The van der Waals surface area contributed by atoms with Gasteiger partial charge >= 0.3 is 0 Å². The van der Waals surface area contributed by atoms with Gasteiger partial charge in [0.2, 0.25) is 0 Å². The van der Waals surface area contributed by atoms with Gasteiger partial charge in [0.25, 0.3) is 0 Å². The number of ether oxygens (including phenoxy) is 1. The second-order valence-electron chi connectivity index (χ2n) is 3.03. The van der Waals surface area contributed by atoms with Crippen molar-refractivity contribution in [3.63, 3.8) is 0 Å². The van der Waals surface area contributed by atoms with Gasteiger partial charge in [0.15, 0.2) is 0 Å². The Morgan fingerprint density at radius 1 is 1.67 bits per heavy atom. The summed E-state index contributed by atoms with van der Waals surface area (Å²) in [4.78, 5) is 0. The quantitative estimate of drug-likeness (QED) is 0.489. The first-order valence-corrected chi connectivity index (χ1v) is 3.35. The lowest BCUT2D eigenvalue weighted by atomic mass is 10.0. The van der Waals surface area contributed by atoms with Crippen molar-refractivity contribution in [2.24, 2.45) is 5.41 Å². The predicted molar refractivity (Wildman–Crippen MR) is 31.6 cm³/mol. The highest BCUT2D eigenvalue weighted by molar-refractivity contribution is 5.19. The third-order valence-corrected chi connectivity index (χ3v) is 2.27. The van der Waals surface area contributed by atoms with Crippen LogP contribution in [0.25, 0.3) is 0 Å². The van der Waals surface area contributed by atoms with Crippen LogP contribution in [0, 0.1) is 16.7 Å². The fourth-order valence-corrected chi connectivity index (χ4v) is 1.36. The number of nitrogens with zero attached hydrogens (tertiary/aromatic N) is 1. The van der Waals surface area contributed by atoms with Crippen LogP contribution in [0.2, 0.25) is 0 Å². The standard InChI is InChI=1S/C7H9NO/c1-5-6(9-5)7(4-8)2-3-7/h5-6H,2-3H2,1H3. The van der Waals surface area contributed by atoms with Gasteiger partial charge in [-0.25, -0.2) is 0 Å². The first-order valence-electron chi connectivity index (χ1n) is 3.35. The fourth-order valence-electron chi connectivity index (χ4n) is 1.36. The summed E-state index contributed by atoms with van der Waals surface area (Å²) in [6.07, 6.45) is 2.74. The smallest absolute Gasteiger partial charge is 0.102 e. The molecule has 0 aromatic carbocycles. The molecule has 0 bridgehead atoms.